The Balaban J connectivity index is 2.02. The maximum atomic E-state index is 11.1. The molecule has 0 bridgehead atoms. The van der Waals surface area contributed by atoms with Crippen LogP contribution >= 0.6 is 11.5 Å². The highest BCUT2D eigenvalue weighted by molar-refractivity contribution is 7.04. The van der Waals surface area contributed by atoms with Crippen molar-refractivity contribution >= 4 is 11.5 Å². The number of benzene rings is 1. The average Bonchev–Trinajstić information content (AvgIpc) is 2.63. The lowest BCUT2D eigenvalue weighted by Gasteiger charge is -2.03. The van der Waals surface area contributed by atoms with Crippen LogP contribution in [0.25, 0.3) is 0 Å². The van der Waals surface area contributed by atoms with Crippen LogP contribution in [-0.4, -0.2) is 4.12 Å². The third-order valence-corrected chi connectivity index (χ3v) is 2.47. The summed E-state index contributed by atoms with van der Waals surface area (Å²) in [5, 5.41) is 1.70. The minimum absolute atomic E-state index is 0.120. The van der Waals surface area contributed by atoms with E-state index in [1.807, 2.05) is 30.3 Å². The number of hydrogen-bond donors (Lipinski definition) is 0. The van der Waals surface area contributed by atoms with E-state index in [1.54, 1.807) is 5.38 Å². The van der Waals surface area contributed by atoms with Crippen molar-refractivity contribution in [1.29, 1.82) is 0 Å². The van der Waals surface area contributed by atoms with Gasteiger partial charge >= 0.3 is 0 Å². The van der Waals surface area contributed by atoms with Gasteiger partial charge in [-0.05, 0) is 17.1 Å². The molecule has 2 rings (SSSR count). The average molecular weight is 207 g/mol. The van der Waals surface area contributed by atoms with Crippen LogP contribution in [0.1, 0.15) is 5.56 Å². The molecule has 0 aliphatic heterocycles. The summed E-state index contributed by atoms with van der Waals surface area (Å²) in [5.74, 6) is 0. The zero-order valence-electron chi connectivity index (χ0n) is 7.42. The molecule has 1 heterocycles. The lowest BCUT2D eigenvalue weighted by atomic mass is 10.2. The van der Waals surface area contributed by atoms with Crippen LogP contribution in [0.4, 0.5) is 0 Å². The lowest BCUT2D eigenvalue weighted by molar-refractivity contribution is 0.115. The van der Waals surface area contributed by atoms with Gasteiger partial charge in [0.05, 0.1) is 0 Å². The Bertz CT molecular complexity index is 446. The molecular weight excluding hydrogens is 198 g/mol. The summed E-state index contributed by atoms with van der Waals surface area (Å²) in [5.41, 5.74) is 0.929. The molecular formula is C10H9NO2S. The number of hydrogen-bond acceptors (Lipinski definition) is 3. The molecule has 1 aromatic heterocycles. The first kappa shape index (κ1) is 9.02. The summed E-state index contributed by atoms with van der Waals surface area (Å²) in [7, 11) is 0. The van der Waals surface area contributed by atoms with Crippen molar-refractivity contribution in [3.05, 3.63) is 57.7 Å². The van der Waals surface area contributed by atoms with Crippen molar-refractivity contribution < 1.29 is 4.84 Å². The molecule has 0 radical (unpaired) electrons. The molecule has 0 amide bonds. The number of aromatic nitrogens is 1. The van der Waals surface area contributed by atoms with E-state index in [0.717, 1.165) is 5.56 Å². The predicted octanol–water partition coefficient (Wildman–Crippen LogP) is 1.54. The van der Waals surface area contributed by atoms with Crippen LogP contribution in [0.15, 0.2) is 46.6 Å². The van der Waals surface area contributed by atoms with E-state index in [2.05, 4.69) is 0 Å². The minimum Gasteiger partial charge on any atom is -0.396 e. The Hall–Kier alpha value is -1.55. The van der Waals surface area contributed by atoms with Gasteiger partial charge in [0.1, 0.15) is 6.61 Å². The van der Waals surface area contributed by atoms with Crippen LogP contribution in [0, 0.1) is 0 Å². The van der Waals surface area contributed by atoms with Crippen molar-refractivity contribution in [3.63, 3.8) is 0 Å². The fourth-order valence-electron chi connectivity index (χ4n) is 1.06. The molecule has 0 fully saturated rings. The predicted molar refractivity (Wildman–Crippen MR) is 55.3 cm³/mol. The van der Waals surface area contributed by atoms with E-state index in [1.165, 1.54) is 21.7 Å². The molecule has 1 aromatic carbocycles. The lowest BCUT2D eigenvalue weighted by Crippen LogP contribution is -2.20. The summed E-state index contributed by atoms with van der Waals surface area (Å²) >= 11 is 1.25. The molecule has 3 nitrogen and oxygen atoms in total. The van der Waals surface area contributed by atoms with Gasteiger partial charge in [-0.1, -0.05) is 34.5 Å². The summed E-state index contributed by atoms with van der Waals surface area (Å²) < 4.78 is 1.27. The third kappa shape index (κ3) is 2.03. The van der Waals surface area contributed by atoms with Crippen molar-refractivity contribution in [2.45, 2.75) is 6.61 Å². The second-order valence-corrected chi connectivity index (χ2v) is 3.58. The van der Waals surface area contributed by atoms with E-state index >= 15 is 0 Å². The summed E-state index contributed by atoms with van der Waals surface area (Å²) in [4.78, 5) is 16.4. The molecule has 0 aliphatic carbocycles. The summed E-state index contributed by atoms with van der Waals surface area (Å²) in [6.07, 6.45) is 0. The van der Waals surface area contributed by atoms with Crippen molar-refractivity contribution in [3.8, 4) is 0 Å². The van der Waals surface area contributed by atoms with E-state index in [9.17, 15) is 4.79 Å². The summed E-state index contributed by atoms with van der Waals surface area (Å²) in [6, 6.07) is 11.2. The van der Waals surface area contributed by atoms with Gasteiger partial charge in [0.2, 0.25) is 0 Å². The van der Waals surface area contributed by atoms with Gasteiger partial charge < -0.3 is 4.84 Å². The molecule has 0 N–H and O–H groups in total. The Morgan fingerprint density at radius 3 is 2.64 bits per heavy atom. The van der Waals surface area contributed by atoms with Gasteiger partial charge in [-0.3, -0.25) is 4.79 Å². The second-order valence-electron chi connectivity index (χ2n) is 2.76. The first-order chi connectivity index (χ1) is 6.86. The van der Waals surface area contributed by atoms with Crippen LogP contribution in [0.3, 0.4) is 0 Å². The fraction of sp³-hybridized carbons (Fsp3) is 0.100. The zero-order valence-corrected chi connectivity index (χ0v) is 8.24. The first-order valence-electron chi connectivity index (χ1n) is 4.20. The highest BCUT2D eigenvalue weighted by Crippen LogP contribution is 1.99. The SMILES string of the molecule is O=c1ccsn1OCc1ccccc1. The van der Waals surface area contributed by atoms with Crippen LogP contribution in [0.2, 0.25) is 0 Å². The zero-order chi connectivity index (χ0) is 9.80. The van der Waals surface area contributed by atoms with Gasteiger partial charge in [-0.2, -0.15) is 0 Å². The van der Waals surface area contributed by atoms with E-state index in [4.69, 9.17) is 4.84 Å². The van der Waals surface area contributed by atoms with Crippen molar-refractivity contribution in [2.75, 3.05) is 0 Å². The molecule has 2 aromatic rings. The van der Waals surface area contributed by atoms with Crippen LogP contribution in [0.5, 0.6) is 0 Å². The topological polar surface area (TPSA) is 31.2 Å². The molecule has 14 heavy (non-hydrogen) atoms. The van der Waals surface area contributed by atoms with E-state index in [-0.39, 0.29) is 5.56 Å². The Morgan fingerprint density at radius 1 is 1.21 bits per heavy atom. The highest BCUT2D eigenvalue weighted by Gasteiger charge is 1.97. The molecule has 4 heteroatoms. The first-order valence-corrected chi connectivity index (χ1v) is 5.04. The highest BCUT2D eigenvalue weighted by atomic mass is 32.1. The van der Waals surface area contributed by atoms with Crippen LogP contribution in [-0.2, 0) is 6.61 Å². The minimum atomic E-state index is -0.120. The van der Waals surface area contributed by atoms with Crippen LogP contribution < -0.4 is 10.4 Å². The van der Waals surface area contributed by atoms with Gasteiger partial charge in [0, 0.05) is 11.4 Å². The number of nitrogens with zero attached hydrogens (tertiary/aromatic N) is 1. The summed E-state index contributed by atoms with van der Waals surface area (Å²) in [6.45, 7) is 0.418. The Kier molecular flexibility index (Phi) is 2.65. The van der Waals surface area contributed by atoms with Gasteiger partial charge in [-0.15, -0.1) is 0 Å². The maximum Gasteiger partial charge on any atom is 0.294 e. The maximum absolute atomic E-state index is 11.1. The van der Waals surface area contributed by atoms with E-state index in [0.29, 0.717) is 6.61 Å². The quantitative estimate of drug-likeness (QED) is 0.764. The van der Waals surface area contributed by atoms with Gasteiger partial charge in [0.25, 0.3) is 5.56 Å². The monoisotopic (exact) mass is 207 g/mol. The largest absolute Gasteiger partial charge is 0.396 e. The molecule has 0 saturated carbocycles. The Labute approximate surface area is 85.3 Å². The Morgan fingerprint density at radius 2 is 2.00 bits per heavy atom. The van der Waals surface area contributed by atoms with E-state index < -0.39 is 0 Å². The standard InChI is InChI=1S/C10H9NO2S/c12-10-6-7-14-11(10)13-8-9-4-2-1-3-5-9/h1-7H,8H2. The normalized spacial score (nSPS) is 10.0. The molecule has 0 aliphatic rings. The molecule has 0 spiro atoms. The molecule has 0 atom stereocenters. The smallest absolute Gasteiger partial charge is 0.294 e. The molecule has 0 unspecified atom stereocenters. The van der Waals surface area contributed by atoms with Crippen molar-refractivity contribution in [2.24, 2.45) is 0 Å². The van der Waals surface area contributed by atoms with Gasteiger partial charge in [-0.25, -0.2) is 0 Å². The molecule has 72 valence electrons. The second kappa shape index (κ2) is 4.11. The van der Waals surface area contributed by atoms with Crippen molar-refractivity contribution in [1.82, 2.24) is 4.12 Å². The fourth-order valence-corrected chi connectivity index (χ4v) is 1.62. The van der Waals surface area contributed by atoms with Gasteiger partial charge in [0.15, 0.2) is 0 Å². The third-order valence-electron chi connectivity index (χ3n) is 1.74. The molecule has 0 saturated heterocycles. The number of rotatable bonds is 3.